The van der Waals surface area contributed by atoms with Crippen molar-refractivity contribution < 1.29 is 22.4 Å². The van der Waals surface area contributed by atoms with E-state index in [2.05, 4.69) is 10.1 Å². The summed E-state index contributed by atoms with van der Waals surface area (Å²) in [6.45, 7) is -0.551. The van der Waals surface area contributed by atoms with Gasteiger partial charge in [-0.25, -0.2) is 8.91 Å². The van der Waals surface area contributed by atoms with Crippen LogP contribution in [0.25, 0.3) is 16.6 Å². The third kappa shape index (κ3) is 3.98. The van der Waals surface area contributed by atoms with Crippen molar-refractivity contribution in [2.45, 2.75) is 12.9 Å². The number of aromatic nitrogens is 3. The van der Waals surface area contributed by atoms with Gasteiger partial charge in [0.15, 0.2) is 0 Å². The minimum Gasteiger partial charge on any atom is -0.311 e. The SMILES string of the molecule is CN(C(=O)c1ccc(C(F)(F)F)nc1)c1ccn2ncc(-c3ccc(CF)cc3)c2c1. The first-order valence-corrected chi connectivity index (χ1v) is 9.22. The summed E-state index contributed by atoms with van der Waals surface area (Å²) in [5, 5.41) is 4.30. The molecule has 0 spiro atoms. The highest BCUT2D eigenvalue weighted by Gasteiger charge is 2.32. The van der Waals surface area contributed by atoms with Crippen LogP contribution in [-0.2, 0) is 12.9 Å². The zero-order chi connectivity index (χ0) is 22.2. The molecule has 0 saturated carbocycles. The summed E-state index contributed by atoms with van der Waals surface area (Å²) in [7, 11) is 1.53. The number of carbonyl (C=O) groups is 1. The van der Waals surface area contributed by atoms with E-state index in [4.69, 9.17) is 0 Å². The number of nitrogens with zero attached hydrogens (tertiary/aromatic N) is 4. The van der Waals surface area contributed by atoms with Gasteiger partial charge in [-0.2, -0.15) is 18.3 Å². The zero-order valence-electron chi connectivity index (χ0n) is 16.3. The number of fused-ring (bicyclic) bond motifs is 1. The average Bonchev–Trinajstić information content (AvgIpc) is 3.21. The number of anilines is 1. The summed E-state index contributed by atoms with van der Waals surface area (Å²) in [5.41, 5.74) is 2.42. The second kappa shape index (κ2) is 7.82. The molecule has 4 aromatic rings. The normalized spacial score (nSPS) is 11.6. The van der Waals surface area contributed by atoms with Crippen LogP contribution in [0.2, 0.25) is 0 Å². The Balaban J connectivity index is 1.65. The van der Waals surface area contributed by atoms with Crippen LogP contribution in [0, 0.1) is 0 Å². The number of hydrogen-bond donors (Lipinski definition) is 0. The van der Waals surface area contributed by atoms with E-state index in [9.17, 15) is 22.4 Å². The van der Waals surface area contributed by atoms with Crippen LogP contribution >= 0.6 is 0 Å². The van der Waals surface area contributed by atoms with Crippen molar-refractivity contribution >= 4 is 17.1 Å². The molecule has 5 nitrogen and oxygen atoms in total. The van der Waals surface area contributed by atoms with E-state index in [-0.39, 0.29) is 5.56 Å². The summed E-state index contributed by atoms with van der Waals surface area (Å²) in [6.07, 6.45) is -0.305. The Morgan fingerprint density at radius 2 is 1.81 bits per heavy atom. The summed E-state index contributed by atoms with van der Waals surface area (Å²) >= 11 is 0. The Kier molecular flexibility index (Phi) is 5.18. The maximum absolute atomic E-state index is 12.8. The largest absolute Gasteiger partial charge is 0.433 e. The second-order valence-corrected chi connectivity index (χ2v) is 6.90. The lowest BCUT2D eigenvalue weighted by molar-refractivity contribution is -0.141. The molecule has 0 saturated heterocycles. The van der Waals surface area contributed by atoms with Gasteiger partial charge in [0.25, 0.3) is 5.91 Å². The Bertz CT molecular complexity index is 1230. The molecule has 1 amide bonds. The van der Waals surface area contributed by atoms with E-state index >= 15 is 0 Å². The van der Waals surface area contributed by atoms with Crippen LogP contribution in [0.5, 0.6) is 0 Å². The molecule has 0 aliphatic rings. The topological polar surface area (TPSA) is 50.5 Å². The third-order valence-electron chi connectivity index (χ3n) is 4.92. The molecule has 31 heavy (non-hydrogen) atoms. The van der Waals surface area contributed by atoms with Gasteiger partial charge >= 0.3 is 6.18 Å². The quantitative estimate of drug-likeness (QED) is 0.422. The molecule has 3 heterocycles. The molecule has 3 aromatic heterocycles. The lowest BCUT2D eigenvalue weighted by atomic mass is 10.1. The fourth-order valence-corrected chi connectivity index (χ4v) is 3.17. The Labute approximate surface area is 174 Å². The van der Waals surface area contributed by atoms with Crippen molar-refractivity contribution in [2.75, 3.05) is 11.9 Å². The van der Waals surface area contributed by atoms with E-state index in [1.165, 1.54) is 11.9 Å². The number of pyridine rings is 2. The van der Waals surface area contributed by atoms with Crippen LogP contribution in [0.4, 0.5) is 23.2 Å². The number of hydrogen-bond acceptors (Lipinski definition) is 3. The number of rotatable bonds is 4. The average molecular weight is 428 g/mol. The predicted octanol–water partition coefficient (Wildman–Crippen LogP) is 5.16. The van der Waals surface area contributed by atoms with E-state index in [0.29, 0.717) is 11.3 Å². The molecule has 0 radical (unpaired) electrons. The van der Waals surface area contributed by atoms with Gasteiger partial charge in [0.05, 0.1) is 17.3 Å². The van der Waals surface area contributed by atoms with E-state index < -0.39 is 24.5 Å². The van der Waals surface area contributed by atoms with Gasteiger partial charge in [0.1, 0.15) is 12.4 Å². The smallest absolute Gasteiger partial charge is 0.311 e. The summed E-state index contributed by atoms with van der Waals surface area (Å²) in [5.74, 6) is -0.501. The molecule has 0 N–H and O–H groups in total. The number of amides is 1. The monoisotopic (exact) mass is 428 g/mol. The first-order chi connectivity index (χ1) is 14.8. The highest BCUT2D eigenvalue weighted by molar-refractivity contribution is 6.06. The number of carbonyl (C=O) groups excluding carboxylic acids is 1. The van der Waals surface area contributed by atoms with E-state index in [0.717, 1.165) is 35.0 Å². The lowest BCUT2D eigenvalue weighted by Gasteiger charge is -2.18. The van der Waals surface area contributed by atoms with Crippen LogP contribution in [-0.4, -0.2) is 27.6 Å². The van der Waals surface area contributed by atoms with Crippen molar-refractivity contribution in [1.82, 2.24) is 14.6 Å². The maximum atomic E-state index is 12.8. The molecular formula is C22H16F4N4O. The predicted molar refractivity (Wildman–Crippen MR) is 107 cm³/mol. The maximum Gasteiger partial charge on any atom is 0.433 e. The molecular weight excluding hydrogens is 412 g/mol. The molecule has 9 heteroatoms. The molecule has 4 rings (SSSR count). The fourth-order valence-electron chi connectivity index (χ4n) is 3.17. The van der Waals surface area contributed by atoms with Crippen LogP contribution < -0.4 is 4.90 Å². The molecule has 0 aliphatic heterocycles. The fraction of sp³-hybridized carbons (Fsp3) is 0.136. The first-order valence-electron chi connectivity index (χ1n) is 9.22. The van der Waals surface area contributed by atoms with Crippen LogP contribution in [0.15, 0.2) is 67.1 Å². The van der Waals surface area contributed by atoms with Crippen molar-refractivity contribution in [3.8, 4) is 11.1 Å². The highest BCUT2D eigenvalue weighted by Crippen LogP contribution is 2.29. The van der Waals surface area contributed by atoms with Crippen LogP contribution in [0.3, 0.4) is 0 Å². The van der Waals surface area contributed by atoms with Gasteiger partial charge in [-0.15, -0.1) is 0 Å². The summed E-state index contributed by atoms with van der Waals surface area (Å²) in [6, 6.07) is 12.3. The second-order valence-electron chi connectivity index (χ2n) is 6.90. The van der Waals surface area contributed by atoms with Crippen molar-refractivity contribution in [1.29, 1.82) is 0 Å². The number of halogens is 4. The standard InChI is InChI=1S/C22H16F4N4O/c1-29(21(31)16-6-7-20(27-12-16)22(24,25)26)17-8-9-30-19(10-17)18(13-28-30)15-4-2-14(11-23)3-5-15/h2-10,12-13H,11H2,1H3. The third-order valence-corrected chi connectivity index (χ3v) is 4.92. The van der Waals surface area contributed by atoms with Crippen molar-refractivity contribution in [2.24, 2.45) is 0 Å². The first kappa shape index (κ1) is 20.5. The van der Waals surface area contributed by atoms with Crippen molar-refractivity contribution in [3.05, 3.63) is 83.9 Å². The molecule has 0 unspecified atom stereocenters. The Morgan fingerprint density at radius 3 is 2.42 bits per heavy atom. The molecule has 0 atom stereocenters. The van der Waals surface area contributed by atoms with Crippen LogP contribution in [0.1, 0.15) is 21.6 Å². The van der Waals surface area contributed by atoms with Gasteiger partial charge in [-0.1, -0.05) is 24.3 Å². The zero-order valence-corrected chi connectivity index (χ0v) is 16.3. The van der Waals surface area contributed by atoms with E-state index in [1.54, 1.807) is 53.3 Å². The highest BCUT2D eigenvalue weighted by atomic mass is 19.4. The summed E-state index contributed by atoms with van der Waals surface area (Å²) in [4.78, 5) is 17.4. The minimum absolute atomic E-state index is 0.0333. The minimum atomic E-state index is -4.57. The van der Waals surface area contributed by atoms with Gasteiger partial charge in [0, 0.05) is 30.7 Å². The van der Waals surface area contributed by atoms with Gasteiger partial charge < -0.3 is 4.90 Å². The number of benzene rings is 1. The molecule has 0 aliphatic carbocycles. The Morgan fingerprint density at radius 1 is 1.06 bits per heavy atom. The molecule has 0 fully saturated rings. The summed E-state index contributed by atoms with van der Waals surface area (Å²) < 4.78 is 52.5. The van der Waals surface area contributed by atoms with Crippen molar-refractivity contribution in [3.63, 3.8) is 0 Å². The Hall–Kier alpha value is -3.75. The lowest BCUT2D eigenvalue weighted by Crippen LogP contribution is -2.26. The van der Waals surface area contributed by atoms with E-state index in [1.807, 2.05) is 0 Å². The molecule has 158 valence electrons. The van der Waals surface area contributed by atoms with Gasteiger partial charge in [0.2, 0.25) is 0 Å². The molecule has 0 bridgehead atoms. The molecule has 1 aromatic carbocycles. The van der Waals surface area contributed by atoms with Gasteiger partial charge in [-0.3, -0.25) is 9.78 Å². The number of alkyl halides is 4. The van der Waals surface area contributed by atoms with Gasteiger partial charge in [-0.05, 0) is 35.4 Å².